The summed E-state index contributed by atoms with van der Waals surface area (Å²) in [5.74, 6) is -0.247. The summed E-state index contributed by atoms with van der Waals surface area (Å²) in [5, 5.41) is 4.36. The van der Waals surface area contributed by atoms with E-state index in [-0.39, 0.29) is 5.82 Å². The summed E-state index contributed by atoms with van der Waals surface area (Å²) in [6.07, 6.45) is 10.4. The quantitative estimate of drug-likeness (QED) is 0.846. The summed E-state index contributed by atoms with van der Waals surface area (Å²) < 4.78 is 21.4. The lowest BCUT2D eigenvalue weighted by Gasteiger charge is -2.43. The first-order chi connectivity index (χ1) is 12.2. The van der Waals surface area contributed by atoms with Crippen molar-refractivity contribution in [3.05, 3.63) is 48.0 Å². The highest BCUT2D eigenvalue weighted by atomic mass is 19.1. The molecule has 0 unspecified atom stereocenters. The van der Waals surface area contributed by atoms with Crippen LogP contribution in [0.25, 0.3) is 5.69 Å². The van der Waals surface area contributed by atoms with E-state index in [1.54, 1.807) is 16.8 Å². The minimum absolute atomic E-state index is 0.247. The number of nitrogens with zero attached hydrogens (tertiary/aromatic N) is 3. The highest BCUT2D eigenvalue weighted by molar-refractivity contribution is 5.32. The number of halogens is 1. The average molecular weight is 343 g/mol. The third-order valence-corrected chi connectivity index (χ3v) is 5.94. The molecule has 134 valence electrons. The largest absolute Gasteiger partial charge is 0.381 e. The van der Waals surface area contributed by atoms with Crippen LogP contribution in [0, 0.1) is 11.2 Å². The summed E-state index contributed by atoms with van der Waals surface area (Å²) in [5.41, 5.74) is 1.96. The predicted octanol–water partition coefficient (Wildman–Crippen LogP) is 3.79. The van der Waals surface area contributed by atoms with Crippen LogP contribution >= 0.6 is 0 Å². The molecule has 2 aliphatic rings. The van der Waals surface area contributed by atoms with Crippen LogP contribution in [0.3, 0.4) is 0 Å². The van der Waals surface area contributed by atoms with Gasteiger partial charge in [-0.25, -0.2) is 9.07 Å². The van der Waals surface area contributed by atoms with Crippen molar-refractivity contribution in [3.63, 3.8) is 0 Å². The highest BCUT2D eigenvalue weighted by Gasteiger charge is 2.45. The van der Waals surface area contributed by atoms with Gasteiger partial charge in [-0.15, -0.1) is 0 Å². The maximum atomic E-state index is 13.9. The second-order valence-corrected chi connectivity index (χ2v) is 7.54. The predicted molar refractivity (Wildman–Crippen MR) is 95.1 cm³/mol. The molecule has 1 saturated carbocycles. The van der Waals surface area contributed by atoms with Crippen LogP contribution in [0.5, 0.6) is 0 Å². The van der Waals surface area contributed by atoms with Gasteiger partial charge in [-0.3, -0.25) is 4.90 Å². The first kappa shape index (κ1) is 16.7. The molecule has 1 aromatic heterocycles. The van der Waals surface area contributed by atoms with Crippen molar-refractivity contribution in [2.24, 2.45) is 5.41 Å². The average Bonchev–Trinajstić information content (AvgIpc) is 3.22. The molecule has 1 saturated heterocycles. The molecule has 1 aliphatic heterocycles. The Hall–Kier alpha value is -1.72. The number of aromatic nitrogens is 2. The summed E-state index contributed by atoms with van der Waals surface area (Å²) in [7, 11) is 1.86. The molecule has 2 heterocycles. The number of benzene rings is 1. The fraction of sp³-hybridized carbons (Fsp3) is 0.550. The smallest absolute Gasteiger partial charge is 0.148 e. The van der Waals surface area contributed by atoms with Crippen LogP contribution < -0.4 is 0 Å². The standard InChI is InChI=1S/C20H26FN3O/c1-25-19-8-4-9-20(19)10-5-11-23(15-20)13-16-12-22-24(14-16)18-7-3-2-6-17(18)21/h2-3,6-7,12,14,19H,4-5,8-11,13,15H2,1H3/t19-,20-/m1/s1. The molecule has 0 radical (unpaired) electrons. The molecule has 2 fully saturated rings. The van der Waals surface area contributed by atoms with Crippen LogP contribution in [0.15, 0.2) is 36.7 Å². The molecule has 5 heteroatoms. The molecule has 4 nitrogen and oxygen atoms in total. The number of ether oxygens (including phenoxy) is 1. The van der Waals surface area contributed by atoms with Gasteiger partial charge in [0.1, 0.15) is 11.5 Å². The molecule has 2 aromatic rings. The van der Waals surface area contributed by atoms with Gasteiger partial charge in [0.15, 0.2) is 0 Å². The van der Waals surface area contributed by atoms with Crippen molar-refractivity contribution in [3.8, 4) is 5.69 Å². The van der Waals surface area contributed by atoms with Crippen molar-refractivity contribution in [2.75, 3.05) is 20.2 Å². The number of rotatable bonds is 4. The monoisotopic (exact) mass is 343 g/mol. The Morgan fingerprint density at radius 1 is 1.28 bits per heavy atom. The molecule has 0 amide bonds. The first-order valence-corrected chi connectivity index (χ1v) is 9.24. The van der Waals surface area contributed by atoms with Gasteiger partial charge in [0.25, 0.3) is 0 Å². The van der Waals surface area contributed by atoms with Crippen LogP contribution in [-0.2, 0) is 11.3 Å². The fourth-order valence-corrected chi connectivity index (χ4v) is 4.80. The Morgan fingerprint density at radius 2 is 2.12 bits per heavy atom. The van der Waals surface area contributed by atoms with E-state index in [2.05, 4.69) is 10.00 Å². The molecule has 2 atom stereocenters. The maximum absolute atomic E-state index is 13.9. The number of hydrogen-bond donors (Lipinski definition) is 0. The van der Waals surface area contributed by atoms with Crippen molar-refractivity contribution >= 4 is 0 Å². The van der Waals surface area contributed by atoms with Crippen LogP contribution in [0.1, 0.15) is 37.7 Å². The van der Waals surface area contributed by atoms with Gasteiger partial charge in [0.05, 0.1) is 12.3 Å². The Balaban J connectivity index is 1.47. The Labute approximate surface area is 148 Å². The molecular formula is C20H26FN3O. The SMILES string of the molecule is CO[C@@H]1CCC[C@]12CCCN(Cc1cnn(-c3ccccc3F)c1)C2. The fourth-order valence-electron chi connectivity index (χ4n) is 4.80. The van der Waals surface area contributed by atoms with Crippen molar-refractivity contribution in [1.82, 2.24) is 14.7 Å². The minimum Gasteiger partial charge on any atom is -0.381 e. The summed E-state index contributed by atoms with van der Waals surface area (Å²) in [6.45, 7) is 3.08. The van der Waals surface area contributed by atoms with Gasteiger partial charge in [0.2, 0.25) is 0 Å². The molecule has 0 N–H and O–H groups in total. The normalized spacial score (nSPS) is 27.2. The molecule has 1 aromatic carbocycles. The van der Waals surface area contributed by atoms with E-state index in [1.165, 1.54) is 38.2 Å². The number of piperidine rings is 1. The lowest BCUT2D eigenvalue weighted by Crippen LogP contribution is -2.47. The topological polar surface area (TPSA) is 30.3 Å². The number of para-hydroxylation sites is 1. The van der Waals surface area contributed by atoms with E-state index >= 15 is 0 Å². The molecule has 1 spiro atoms. The van der Waals surface area contributed by atoms with Crippen LogP contribution in [-0.4, -0.2) is 41.0 Å². The lowest BCUT2D eigenvalue weighted by molar-refractivity contribution is -0.0366. The van der Waals surface area contributed by atoms with E-state index in [4.69, 9.17) is 4.74 Å². The zero-order chi connectivity index (χ0) is 17.3. The van der Waals surface area contributed by atoms with E-state index in [9.17, 15) is 4.39 Å². The zero-order valence-electron chi connectivity index (χ0n) is 14.8. The lowest BCUT2D eigenvalue weighted by atomic mass is 9.76. The molecule has 25 heavy (non-hydrogen) atoms. The van der Waals surface area contributed by atoms with Crippen molar-refractivity contribution in [2.45, 2.75) is 44.8 Å². The van der Waals surface area contributed by atoms with Crippen molar-refractivity contribution < 1.29 is 9.13 Å². The minimum atomic E-state index is -0.247. The van der Waals surface area contributed by atoms with Crippen molar-refractivity contribution in [1.29, 1.82) is 0 Å². The molecule has 1 aliphatic carbocycles. The summed E-state index contributed by atoms with van der Waals surface area (Å²) in [4.78, 5) is 2.52. The van der Waals surface area contributed by atoms with Gasteiger partial charge in [-0.1, -0.05) is 18.6 Å². The highest BCUT2D eigenvalue weighted by Crippen LogP contribution is 2.46. The van der Waals surface area contributed by atoms with E-state index in [0.717, 1.165) is 25.2 Å². The maximum Gasteiger partial charge on any atom is 0.148 e. The number of methoxy groups -OCH3 is 1. The third kappa shape index (κ3) is 3.23. The Bertz CT molecular complexity index is 731. The van der Waals surface area contributed by atoms with Gasteiger partial charge < -0.3 is 4.74 Å². The number of hydrogen-bond acceptors (Lipinski definition) is 3. The first-order valence-electron chi connectivity index (χ1n) is 9.24. The van der Waals surface area contributed by atoms with E-state index in [0.29, 0.717) is 17.2 Å². The van der Waals surface area contributed by atoms with Gasteiger partial charge in [0, 0.05) is 37.4 Å². The Morgan fingerprint density at radius 3 is 2.96 bits per heavy atom. The molecular weight excluding hydrogens is 317 g/mol. The Kier molecular flexibility index (Phi) is 4.61. The van der Waals surface area contributed by atoms with Gasteiger partial charge >= 0.3 is 0 Å². The van der Waals surface area contributed by atoms with Crippen LogP contribution in [0.4, 0.5) is 4.39 Å². The third-order valence-electron chi connectivity index (χ3n) is 5.94. The van der Waals surface area contributed by atoms with Gasteiger partial charge in [-0.2, -0.15) is 5.10 Å². The second-order valence-electron chi connectivity index (χ2n) is 7.54. The summed E-state index contributed by atoms with van der Waals surface area (Å²) in [6, 6.07) is 6.75. The second kappa shape index (κ2) is 6.89. The number of likely N-dealkylation sites (tertiary alicyclic amines) is 1. The molecule has 0 bridgehead atoms. The van der Waals surface area contributed by atoms with E-state index < -0.39 is 0 Å². The van der Waals surface area contributed by atoms with Gasteiger partial charge in [-0.05, 0) is 44.4 Å². The van der Waals surface area contributed by atoms with E-state index in [1.807, 2.05) is 25.6 Å². The van der Waals surface area contributed by atoms with Crippen LogP contribution in [0.2, 0.25) is 0 Å². The molecule has 4 rings (SSSR count). The zero-order valence-corrected chi connectivity index (χ0v) is 14.8. The summed E-state index contributed by atoms with van der Waals surface area (Å²) >= 11 is 0.